The van der Waals surface area contributed by atoms with Gasteiger partial charge in [-0.05, 0) is 18.2 Å². The van der Waals surface area contributed by atoms with Gasteiger partial charge in [-0.2, -0.15) is 0 Å². The van der Waals surface area contributed by atoms with Crippen LogP contribution in [0.1, 0.15) is 15.9 Å². The molecule has 0 aliphatic heterocycles. The normalized spacial score (nSPS) is 10.2. The first-order valence-corrected chi connectivity index (χ1v) is 5.80. The summed E-state index contributed by atoms with van der Waals surface area (Å²) in [6, 6.07) is 7.28. The van der Waals surface area contributed by atoms with E-state index in [1.165, 1.54) is 25.3 Å². The van der Waals surface area contributed by atoms with Gasteiger partial charge in [0.25, 0.3) is 0 Å². The van der Waals surface area contributed by atoms with Crippen molar-refractivity contribution in [2.24, 2.45) is 0 Å². The third kappa shape index (κ3) is 2.66. The Morgan fingerprint density at radius 3 is 2.57 bits per heavy atom. The Balaban J connectivity index is 2.59. The zero-order chi connectivity index (χ0) is 15.6. The summed E-state index contributed by atoms with van der Waals surface area (Å²) in [7, 11) is 1.19. The lowest BCUT2D eigenvalue weighted by molar-refractivity contribution is -0.386. The van der Waals surface area contributed by atoms with E-state index in [0.717, 1.165) is 18.2 Å². The van der Waals surface area contributed by atoms with Gasteiger partial charge in [0.1, 0.15) is 5.82 Å². The van der Waals surface area contributed by atoms with Crippen molar-refractivity contribution in [1.29, 1.82) is 0 Å². The van der Waals surface area contributed by atoms with Gasteiger partial charge in [0, 0.05) is 11.6 Å². The third-order valence-electron chi connectivity index (χ3n) is 2.85. The predicted octanol–water partition coefficient (Wildman–Crippen LogP) is 2.68. The van der Waals surface area contributed by atoms with Crippen LogP contribution in [0.2, 0.25) is 0 Å². The molecule has 0 fully saturated rings. The number of nitrogens with zero attached hydrogens (tertiary/aromatic N) is 1. The molecule has 0 atom stereocenters. The molecule has 0 aliphatic carbocycles. The van der Waals surface area contributed by atoms with E-state index in [1.807, 2.05) is 0 Å². The largest absolute Gasteiger partial charge is 0.500 e. The fourth-order valence-electron chi connectivity index (χ4n) is 1.82. The number of ketones is 1. The van der Waals surface area contributed by atoms with Crippen molar-refractivity contribution in [2.75, 3.05) is 7.11 Å². The van der Waals surface area contributed by atoms with Crippen molar-refractivity contribution in [1.82, 2.24) is 0 Å². The van der Waals surface area contributed by atoms with Crippen LogP contribution in [-0.4, -0.2) is 22.9 Å². The lowest BCUT2D eigenvalue weighted by Crippen LogP contribution is -2.05. The maximum atomic E-state index is 13.6. The van der Waals surface area contributed by atoms with Crippen molar-refractivity contribution in [3.63, 3.8) is 0 Å². The molecule has 2 aromatic carbocycles. The Morgan fingerprint density at radius 2 is 2.00 bits per heavy atom. The average molecular weight is 291 g/mol. The molecule has 0 heterocycles. The molecule has 6 nitrogen and oxygen atoms in total. The zero-order valence-corrected chi connectivity index (χ0v) is 10.9. The summed E-state index contributed by atoms with van der Waals surface area (Å²) in [5.41, 5.74) is -1.06. The Kier molecular flexibility index (Phi) is 3.84. The highest BCUT2D eigenvalue weighted by Crippen LogP contribution is 2.37. The van der Waals surface area contributed by atoms with Crippen LogP contribution >= 0.6 is 0 Å². The van der Waals surface area contributed by atoms with E-state index >= 15 is 0 Å². The number of methoxy groups -OCH3 is 1. The molecular weight excluding hydrogens is 281 g/mol. The van der Waals surface area contributed by atoms with Gasteiger partial charge in [-0.15, -0.1) is 0 Å². The second kappa shape index (κ2) is 5.58. The molecule has 108 valence electrons. The van der Waals surface area contributed by atoms with Gasteiger partial charge in [-0.1, -0.05) is 12.1 Å². The number of carbonyl (C=O) groups is 1. The van der Waals surface area contributed by atoms with E-state index in [-0.39, 0.29) is 16.9 Å². The van der Waals surface area contributed by atoms with E-state index in [0.29, 0.717) is 0 Å². The lowest BCUT2D eigenvalue weighted by atomic mass is 10.0. The summed E-state index contributed by atoms with van der Waals surface area (Å²) in [4.78, 5) is 22.2. The first-order valence-electron chi connectivity index (χ1n) is 5.80. The molecule has 7 heteroatoms. The molecule has 0 saturated heterocycles. The van der Waals surface area contributed by atoms with Gasteiger partial charge >= 0.3 is 5.69 Å². The maximum Gasteiger partial charge on any atom is 0.315 e. The zero-order valence-electron chi connectivity index (χ0n) is 10.9. The quantitative estimate of drug-likeness (QED) is 0.531. The monoisotopic (exact) mass is 291 g/mol. The van der Waals surface area contributed by atoms with Gasteiger partial charge < -0.3 is 9.84 Å². The smallest absolute Gasteiger partial charge is 0.315 e. The highest BCUT2D eigenvalue weighted by Gasteiger charge is 2.24. The Morgan fingerprint density at radius 1 is 1.33 bits per heavy atom. The number of aromatic hydroxyl groups is 1. The average Bonchev–Trinajstić information content (AvgIpc) is 2.47. The predicted molar refractivity (Wildman–Crippen MR) is 71.1 cm³/mol. The summed E-state index contributed by atoms with van der Waals surface area (Å²) in [5.74, 6) is -2.40. The second-order valence-corrected chi connectivity index (χ2v) is 4.11. The number of hydrogen-bond acceptors (Lipinski definition) is 5. The van der Waals surface area contributed by atoms with Crippen LogP contribution in [0.3, 0.4) is 0 Å². The number of halogens is 1. The SMILES string of the molecule is COc1cc(C(=O)c2ccccc2F)cc([N+](=O)[O-])c1O. The molecule has 1 N–H and O–H groups in total. The van der Waals surface area contributed by atoms with Crippen LogP contribution < -0.4 is 4.74 Å². The highest BCUT2D eigenvalue weighted by molar-refractivity contribution is 6.10. The van der Waals surface area contributed by atoms with Crippen molar-refractivity contribution < 1.29 is 24.0 Å². The van der Waals surface area contributed by atoms with Gasteiger partial charge in [0.15, 0.2) is 11.5 Å². The van der Waals surface area contributed by atoms with Gasteiger partial charge in [-0.25, -0.2) is 4.39 Å². The number of ether oxygens (including phenoxy) is 1. The number of phenolic OH excluding ortho intramolecular Hbond substituents is 1. The first-order chi connectivity index (χ1) is 9.95. The van der Waals surface area contributed by atoms with E-state index in [9.17, 15) is 24.4 Å². The van der Waals surface area contributed by atoms with Crippen molar-refractivity contribution in [3.8, 4) is 11.5 Å². The van der Waals surface area contributed by atoms with E-state index < -0.39 is 28.0 Å². The van der Waals surface area contributed by atoms with Crippen LogP contribution in [0.25, 0.3) is 0 Å². The molecule has 0 radical (unpaired) electrons. The fraction of sp³-hybridized carbons (Fsp3) is 0.0714. The van der Waals surface area contributed by atoms with Crippen molar-refractivity contribution in [3.05, 3.63) is 63.5 Å². The standard InChI is InChI=1S/C14H10FNO5/c1-21-12-7-8(6-11(14(12)18)16(19)20)13(17)9-4-2-3-5-10(9)15/h2-7,18H,1H3. The molecule has 0 bridgehead atoms. The minimum absolute atomic E-state index is 0.151. The minimum Gasteiger partial charge on any atom is -0.500 e. The number of hydrogen-bond donors (Lipinski definition) is 1. The summed E-state index contributed by atoms with van der Waals surface area (Å²) >= 11 is 0. The molecule has 2 aromatic rings. The third-order valence-corrected chi connectivity index (χ3v) is 2.85. The number of phenols is 1. The van der Waals surface area contributed by atoms with Crippen molar-refractivity contribution >= 4 is 11.5 Å². The van der Waals surface area contributed by atoms with Gasteiger partial charge in [-0.3, -0.25) is 14.9 Å². The Labute approximate surface area is 118 Å². The number of rotatable bonds is 4. The molecule has 0 spiro atoms. The summed E-state index contributed by atoms with van der Waals surface area (Å²) in [6.45, 7) is 0. The van der Waals surface area contributed by atoms with E-state index in [1.54, 1.807) is 0 Å². The Bertz CT molecular complexity index is 729. The fourth-order valence-corrected chi connectivity index (χ4v) is 1.82. The van der Waals surface area contributed by atoms with Crippen molar-refractivity contribution in [2.45, 2.75) is 0 Å². The number of benzene rings is 2. The number of nitro groups is 1. The molecule has 0 aromatic heterocycles. The van der Waals surface area contributed by atoms with Crippen LogP contribution in [0.4, 0.5) is 10.1 Å². The van der Waals surface area contributed by atoms with Gasteiger partial charge in [0.05, 0.1) is 17.6 Å². The number of carbonyl (C=O) groups excluding carboxylic acids is 1. The molecule has 0 amide bonds. The first kappa shape index (κ1) is 14.4. The molecule has 0 aliphatic rings. The molecule has 0 unspecified atom stereocenters. The molecular formula is C14H10FNO5. The minimum atomic E-state index is -0.851. The van der Waals surface area contributed by atoms with Crippen LogP contribution in [0, 0.1) is 15.9 Å². The maximum absolute atomic E-state index is 13.6. The summed E-state index contributed by atoms with van der Waals surface area (Å²) in [5, 5.41) is 20.5. The lowest BCUT2D eigenvalue weighted by Gasteiger charge is -2.07. The summed E-state index contributed by atoms with van der Waals surface area (Å²) < 4.78 is 18.4. The summed E-state index contributed by atoms with van der Waals surface area (Å²) in [6.07, 6.45) is 0. The number of nitro benzene ring substituents is 1. The molecule has 2 rings (SSSR count). The second-order valence-electron chi connectivity index (χ2n) is 4.11. The van der Waals surface area contributed by atoms with Gasteiger partial charge in [0.2, 0.25) is 5.75 Å². The highest BCUT2D eigenvalue weighted by atomic mass is 19.1. The Hall–Kier alpha value is -2.96. The molecule has 0 saturated carbocycles. The molecule has 21 heavy (non-hydrogen) atoms. The van der Waals surface area contributed by atoms with Crippen LogP contribution in [0.5, 0.6) is 11.5 Å². The van der Waals surface area contributed by atoms with E-state index in [4.69, 9.17) is 4.74 Å². The van der Waals surface area contributed by atoms with Crippen LogP contribution in [0.15, 0.2) is 36.4 Å². The van der Waals surface area contributed by atoms with Crippen LogP contribution in [-0.2, 0) is 0 Å². The topological polar surface area (TPSA) is 89.7 Å². The van der Waals surface area contributed by atoms with E-state index in [2.05, 4.69) is 0 Å².